The minimum Gasteiger partial charge on any atom is -0.371 e. The van der Waals surface area contributed by atoms with Gasteiger partial charge in [0.25, 0.3) is 5.91 Å². The van der Waals surface area contributed by atoms with Crippen LogP contribution in [-0.2, 0) is 16.2 Å². The summed E-state index contributed by atoms with van der Waals surface area (Å²) >= 11 is 0. The highest BCUT2D eigenvalue weighted by Crippen LogP contribution is 2.20. The summed E-state index contributed by atoms with van der Waals surface area (Å²) in [6.07, 6.45) is 0. The molecule has 24 heavy (non-hydrogen) atoms. The molecule has 0 radical (unpaired) electrons. The van der Waals surface area contributed by atoms with Crippen molar-refractivity contribution >= 4 is 17.4 Å². The Kier molecular flexibility index (Phi) is 5.71. The van der Waals surface area contributed by atoms with Crippen molar-refractivity contribution in [2.45, 2.75) is 32.9 Å². The average Bonchev–Trinajstić information content (AvgIpc) is 2.55. The van der Waals surface area contributed by atoms with E-state index in [9.17, 15) is 9.59 Å². The monoisotopic (exact) mass is 326 g/mol. The van der Waals surface area contributed by atoms with Crippen LogP contribution >= 0.6 is 0 Å². The van der Waals surface area contributed by atoms with Crippen molar-refractivity contribution in [1.82, 2.24) is 5.48 Å². The third-order valence-electron chi connectivity index (χ3n) is 3.57. The number of anilines is 1. The van der Waals surface area contributed by atoms with Gasteiger partial charge in [0.05, 0.1) is 6.61 Å². The van der Waals surface area contributed by atoms with Crippen molar-refractivity contribution in [3.05, 3.63) is 65.7 Å². The Labute approximate surface area is 142 Å². The zero-order valence-corrected chi connectivity index (χ0v) is 14.1. The second kappa shape index (κ2) is 7.75. The normalized spacial score (nSPS) is 11.0. The Morgan fingerprint density at radius 1 is 1.00 bits per heavy atom. The number of benzene rings is 2. The summed E-state index contributed by atoms with van der Waals surface area (Å²) in [5.74, 6) is -0.383. The Hall–Kier alpha value is -2.66. The Morgan fingerprint density at radius 3 is 2.29 bits per heavy atom. The molecule has 0 saturated carbocycles. The minimum atomic E-state index is -0.942. The first kappa shape index (κ1) is 17.7. The molecular weight excluding hydrogens is 304 g/mol. The van der Waals surface area contributed by atoms with Crippen molar-refractivity contribution in [3.8, 4) is 0 Å². The number of hydrogen-bond donors (Lipinski definition) is 2. The lowest BCUT2D eigenvalue weighted by atomic mass is 10.0. The van der Waals surface area contributed by atoms with Crippen molar-refractivity contribution in [1.29, 1.82) is 0 Å². The van der Waals surface area contributed by atoms with Crippen molar-refractivity contribution < 1.29 is 14.4 Å². The molecule has 0 fully saturated rings. The Morgan fingerprint density at radius 2 is 1.62 bits per heavy atom. The van der Waals surface area contributed by atoms with Crippen LogP contribution < -0.4 is 10.8 Å². The summed E-state index contributed by atoms with van der Waals surface area (Å²) in [6, 6.07) is 16.7. The second-order valence-corrected chi connectivity index (χ2v) is 6.06. The first-order chi connectivity index (χ1) is 11.4. The fourth-order valence-corrected chi connectivity index (χ4v) is 2.18. The number of ketones is 1. The van der Waals surface area contributed by atoms with Gasteiger partial charge in [0.15, 0.2) is 5.78 Å². The maximum Gasteiger partial charge on any atom is 0.268 e. The van der Waals surface area contributed by atoms with Gasteiger partial charge in [-0.1, -0.05) is 42.5 Å². The molecule has 0 aromatic heterocycles. The number of amides is 1. The lowest BCUT2D eigenvalue weighted by Crippen LogP contribution is -2.48. The molecule has 0 bridgehead atoms. The molecule has 0 spiro atoms. The summed E-state index contributed by atoms with van der Waals surface area (Å²) in [4.78, 5) is 29.3. The first-order valence-corrected chi connectivity index (χ1v) is 7.74. The Balaban J connectivity index is 1.97. The van der Waals surface area contributed by atoms with Crippen LogP contribution in [0.2, 0.25) is 0 Å². The van der Waals surface area contributed by atoms with Crippen molar-refractivity contribution in [3.63, 3.8) is 0 Å². The molecule has 2 rings (SSSR count). The van der Waals surface area contributed by atoms with E-state index < -0.39 is 5.54 Å². The lowest BCUT2D eigenvalue weighted by Gasteiger charge is -2.27. The second-order valence-electron chi connectivity index (χ2n) is 6.06. The fraction of sp³-hybridized carbons (Fsp3) is 0.263. The van der Waals surface area contributed by atoms with Crippen LogP contribution in [-0.4, -0.2) is 17.2 Å². The van der Waals surface area contributed by atoms with Crippen LogP contribution in [0.25, 0.3) is 0 Å². The molecule has 126 valence electrons. The molecule has 0 aliphatic rings. The third kappa shape index (κ3) is 4.67. The zero-order chi connectivity index (χ0) is 17.6. The number of carbonyl (C=O) groups excluding carboxylic acids is 2. The van der Waals surface area contributed by atoms with Gasteiger partial charge in [-0.05, 0) is 38.5 Å². The zero-order valence-electron chi connectivity index (χ0n) is 14.1. The predicted molar refractivity (Wildman–Crippen MR) is 93.5 cm³/mol. The van der Waals surface area contributed by atoms with E-state index >= 15 is 0 Å². The fourth-order valence-electron chi connectivity index (χ4n) is 2.18. The number of carbonyl (C=O) groups is 2. The molecule has 2 aromatic rings. The number of rotatable bonds is 7. The van der Waals surface area contributed by atoms with Gasteiger partial charge >= 0.3 is 0 Å². The maximum absolute atomic E-state index is 12.4. The van der Waals surface area contributed by atoms with E-state index in [4.69, 9.17) is 4.84 Å². The summed E-state index contributed by atoms with van der Waals surface area (Å²) < 4.78 is 0. The standard InChI is InChI=1S/C19H22N2O3/c1-14(22)16-11-7-8-12-17(16)20-19(2,3)18(23)21-24-13-15-9-5-4-6-10-15/h4-12,20H,13H2,1-3H3,(H,21,23). The molecule has 2 N–H and O–H groups in total. The summed E-state index contributed by atoms with van der Waals surface area (Å²) in [7, 11) is 0. The SMILES string of the molecule is CC(=O)c1ccccc1NC(C)(C)C(=O)NOCc1ccccc1. The third-order valence-corrected chi connectivity index (χ3v) is 3.57. The van der Waals surface area contributed by atoms with E-state index in [2.05, 4.69) is 10.8 Å². The quantitative estimate of drug-likeness (QED) is 0.605. The lowest BCUT2D eigenvalue weighted by molar-refractivity contribution is -0.138. The van der Waals surface area contributed by atoms with Crippen LogP contribution in [0.5, 0.6) is 0 Å². The molecule has 0 aliphatic heterocycles. The smallest absolute Gasteiger partial charge is 0.268 e. The van der Waals surface area contributed by atoms with Gasteiger partial charge in [0, 0.05) is 11.3 Å². The number of para-hydroxylation sites is 1. The van der Waals surface area contributed by atoms with Crippen LogP contribution in [0.4, 0.5) is 5.69 Å². The van der Waals surface area contributed by atoms with E-state index in [0.717, 1.165) is 5.56 Å². The molecule has 0 heterocycles. The summed E-state index contributed by atoms with van der Waals surface area (Å²) in [5.41, 5.74) is 3.64. The average molecular weight is 326 g/mol. The van der Waals surface area contributed by atoms with Gasteiger partial charge < -0.3 is 5.32 Å². The molecule has 5 heteroatoms. The molecule has 5 nitrogen and oxygen atoms in total. The van der Waals surface area contributed by atoms with Gasteiger partial charge in [0.1, 0.15) is 5.54 Å². The maximum atomic E-state index is 12.4. The van der Waals surface area contributed by atoms with E-state index in [1.807, 2.05) is 36.4 Å². The van der Waals surface area contributed by atoms with Gasteiger partial charge in [-0.25, -0.2) is 5.48 Å². The first-order valence-electron chi connectivity index (χ1n) is 7.74. The summed E-state index contributed by atoms with van der Waals surface area (Å²) in [5, 5.41) is 3.10. The highest BCUT2D eigenvalue weighted by molar-refractivity contribution is 6.00. The number of hydroxylamine groups is 1. The van der Waals surface area contributed by atoms with E-state index in [1.165, 1.54) is 6.92 Å². The topological polar surface area (TPSA) is 67.4 Å². The summed E-state index contributed by atoms with van der Waals surface area (Å²) in [6.45, 7) is 5.24. The van der Waals surface area contributed by atoms with Crippen molar-refractivity contribution in [2.24, 2.45) is 0 Å². The number of Topliss-reactive ketones (excluding diaryl/α,β-unsaturated/α-hetero) is 1. The van der Waals surface area contributed by atoms with Gasteiger partial charge in [-0.15, -0.1) is 0 Å². The highest BCUT2D eigenvalue weighted by atomic mass is 16.6. The Bertz CT molecular complexity index is 712. The van der Waals surface area contributed by atoms with Gasteiger partial charge in [0.2, 0.25) is 0 Å². The molecular formula is C19H22N2O3. The van der Waals surface area contributed by atoms with Gasteiger partial charge in [-0.3, -0.25) is 14.4 Å². The molecule has 2 aromatic carbocycles. The van der Waals surface area contributed by atoms with Gasteiger partial charge in [-0.2, -0.15) is 0 Å². The molecule has 1 amide bonds. The van der Waals surface area contributed by atoms with E-state index in [0.29, 0.717) is 11.3 Å². The molecule has 0 saturated heterocycles. The van der Waals surface area contributed by atoms with Crippen LogP contribution in [0.3, 0.4) is 0 Å². The van der Waals surface area contributed by atoms with Crippen molar-refractivity contribution in [2.75, 3.05) is 5.32 Å². The molecule has 0 aliphatic carbocycles. The van der Waals surface area contributed by atoms with Crippen LogP contribution in [0.1, 0.15) is 36.7 Å². The van der Waals surface area contributed by atoms with Crippen LogP contribution in [0.15, 0.2) is 54.6 Å². The van der Waals surface area contributed by atoms with E-state index in [1.54, 1.807) is 32.0 Å². The van der Waals surface area contributed by atoms with E-state index in [-0.39, 0.29) is 18.3 Å². The predicted octanol–water partition coefficient (Wildman–Crippen LogP) is 3.33. The minimum absolute atomic E-state index is 0.0605. The molecule has 0 unspecified atom stereocenters. The largest absolute Gasteiger partial charge is 0.371 e. The number of hydrogen-bond acceptors (Lipinski definition) is 4. The number of nitrogens with one attached hydrogen (secondary N) is 2. The molecule has 0 atom stereocenters. The van der Waals surface area contributed by atoms with Crippen LogP contribution in [0, 0.1) is 0 Å². The highest BCUT2D eigenvalue weighted by Gasteiger charge is 2.28.